The van der Waals surface area contributed by atoms with Crippen molar-refractivity contribution in [3.8, 4) is 0 Å². The number of carbonyl (C=O) groups excluding carboxylic acids is 2. The van der Waals surface area contributed by atoms with Gasteiger partial charge in [0.25, 0.3) is 5.78 Å². The van der Waals surface area contributed by atoms with Crippen molar-refractivity contribution in [1.29, 1.82) is 0 Å². The van der Waals surface area contributed by atoms with Crippen molar-refractivity contribution in [2.45, 2.75) is 41.1 Å². The van der Waals surface area contributed by atoms with Gasteiger partial charge in [-0.15, -0.1) is 11.8 Å². The monoisotopic (exact) mass is 385 g/mol. The number of hydrogen-bond donors (Lipinski definition) is 1. The number of pyridine rings is 1. The average molecular weight is 385 g/mol. The first kappa shape index (κ1) is 17.8. The van der Waals surface area contributed by atoms with Gasteiger partial charge in [-0.3, -0.25) is 14.6 Å². The third-order valence-electron chi connectivity index (χ3n) is 5.55. The van der Waals surface area contributed by atoms with E-state index in [9.17, 15) is 22.8 Å². The van der Waals surface area contributed by atoms with E-state index in [1.54, 1.807) is 6.07 Å². The molecular formula is C17H18F3N3O2S. The van der Waals surface area contributed by atoms with Gasteiger partial charge in [-0.25, -0.2) is 0 Å². The van der Waals surface area contributed by atoms with E-state index < -0.39 is 22.6 Å². The first-order valence-electron chi connectivity index (χ1n) is 8.56. The SMILES string of the molecule is O=C(N[C@H]1CN2CCC1CC2)C1(C(=O)C(F)(F)F)Cc2cnccc2S1. The minimum absolute atomic E-state index is 0.203. The summed E-state index contributed by atoms with van der Waals surface area (Å²) in [5.41, 5.74) is 0.499. The molecule has 4 aliphatic rings. The Morgan fingerprint density at radius 1 is 1.31 bits per heavy atom. The van der Waals surface area contributed by atoms with Gasteiger partial charge in [-0.05, 0) is 43.5 Å². The van der Waals surface area contributed by atoms with E-state index >= 15 is 0 Å². The largest absolute Gasteiger partial charge is 0.452 e. The summed E-state index contributed by atoms with van der Waals surface area (Å²) >= 11 is 0.700. The summed E-state index contributed by atoms with van der Waals surface area (Å²) in [7, 11) is 0. The summed E-state index contributed by atoms with van der Waals surface area (Å²) in [5.74, 6) is -2.57. The zero-order valence-electron chi connectivity index (χ0n) is 13.9. The van der Waals surface area contributed by atoms with Gasteiger partial charge in [-0.1, -0.05) is 0 Å². The molecule has 1 unspecified atom stereocenters. The minimum Gasteiger partial charge on any atom is -0.350 e. The Morgan fingerprint density at radius 2 is 2.04 bits per heavy atom. The van der Waals surface area contributed by atoms with E-state index in [1.165, 1.54) is 12.4 Å². The number of aromatic nitrogens is 1. The number of nitrogens with one attached hydrogen (secondary N) is 1. The number of fused-ring (bicyclic) bond motifs is 4. The first-order valence-corrected chi connectivity index (χ1v) is 9.38. The van der Waals surface area contributed by atoms with Gasteiger partial charge in [0.1, 0.15) is 0 Å². The summed E-state index contributed by atoms with van der Waals surface area (Å²) in [6.07, 6.45) is -0.646. The molecule has 2 atom stereocenters. The Labute approximate surface area is 152 Å². The van der Waals surface area contributed by atoms with Crippen molar-refractivity contribution in [3.05, 3.63) is 24.0 Å². The van der Waals surface area contributed by atoms with Crippen LogP contribution < -0.4 is 5.32 Å². The highest BCUT2D eigenvalue weighted by molar-refractivity contribution is 8.02. The number of nitrogens with zero attached hydrogens (tertiary/aromatic N) is 2. The molecule has 5 nitrogen and oxygen atoms in total. The second kappa shape index (κ2) is 6.23. The van der Waals surface area contributed by atoms with Gasteiger partial charge in [0, 0.05) is 36.3 Å². The maximum atomic E-state index is 13.3. The van der Waals surface area contributed by atoms with Crippen LogP contribution in [-0.4, -0.2) is 58.2 Å². The van der Waals surface area contributed by atoms with Crippen molar-refractivity contribution in [2.75, 3.05) is 19.6 Å². The maximum absolute atomic E-state index is 13.3. The summed E-state index contributed by atoms with van der Waals surface area (Å²) in [6, 6.07) is 1.35. The summed E-state index contributed by atoms with van der Waals surface area (Å²) < 4.78 is 37.7. The highest BCUT2D eigenvalue weighted by Crippen LogP contribution is 2.48. The second-order valence-electron chi connectivity index (χ2n) is 7.13. The molecule has 2 bridgehead atoms. The lowest BCUT2D eigenvalue weighted by Gasteiger charge is -2.45. The summed E-state index contributed by atoms with van der Waals surface area (Å²) in [5, 5.41) is 2.78. The fraction of sp³-hybridized carbons (Fsp3) is 0.588. The van der Waals surface area contributed by atoms with Crippen LogP contribution in [0.2, 0.25) is 0 Å². The molecule has 26 heavy (non-hydrogen) atoms. The van der Waals surface area contributed by atoms with Crippen LogP contribution in [0.15, 0.2) is 23.4 Å². The van der Waals surface area contributed by atoms with Crippen LogP contribution in [0.5, 0.6) is 0 Å². The smallest absolute Gasteiger partial charge is 0.350 e. The molecule has 4 aliphatic heterocycles. The van der Waals surface area contributed by atoms with Crippen LogP contribution in [0.3, 0.4) is 0 Å². The molecule has 140 valence electrons. The third-order valence-corrected chi connectivity index (χ3v) is 7.03. The zero-order valence-corrected chi connectivity index (χ0v) is 14.7. The Bertz CT molecular complexity index is 722. The molecule has 3 saturated heterocycles. The van der Waals surface area contributed by atoms with Crippen molar-refractivity contribution in [2.24, 2.45) is 5.92 Å². The molecule has 0 saturated carbocycles. The molecule has 9 heteroatoms. The molecule has 0 aromatic carbocycles. The van der Waals surface area contributed by atoms with Crippen molar-refractivity contribution < 1.29 is 22.8 Å². The average Bonchev–Trinajstić information content (AvgIpc) is 3.02. The zero-order chi connectivity index (χ0) is 18.5. The van der Waals surface area contributed by atoms with Crippen molar-refractivity contribution >= 4 is 23.5 Å². The molecule has 3 fully saturated rings. The minimum atomic E-state index is -5.07. The summed E-state index contributed by atoms with van der Waals surface area (Å²) in [4.78, 5) is 31.8. The van der Waals surface area contributed by atoms with Gasteiger partial charge < -0.3 is 10.2 Å². The van der Waals surface area contributed by atoms with E-state index in [4.69, 9.17) is 0 Å². The van der Waals surface area contributed by atoms with E-state index in [0.29, 0.717) is 28.8 Å². The number of amides is 1. The van der Waals surface area contributed by atoms with Gasteiger partial charge in [0.2, 0.25) is 5.91 Å². The predicted molar refractivity (Wildman–Crippen MR) is 88.7 cm³/mol. The molecular weight excluding hydrogens is 367 g/mol. The number of piperidine rings is 3. The van der Waals surface area contributed by atoms with Gasteiger partial charge in [-0.2, -0.15) is 13.2 Å². The van der Waals surface area contributed by atoms with Crippen molar-refractivity contribution in [1.82, 2.24) is 15.2 Å². The molecule has 1 amide bonds. The van der Waals surface area contributed by atoms with E-state index in [2.05, 4.69) is 15.2 Å². The highest BCUT2D eigenvalue weighted by Gasteiger charge is 2.61. The van der Waals surface area contributed by atoms with Crippen molar-refractivity contribution in [3.63, 3.8) is 0 Å². The normalized spacial score (nSPS) is 33.0. The van der Waals surface area contributed by atoms with E-state index in [1.807, 2.05) is 0 Å². The lowest BCUT2D eigenvalue weighted by molar-refractivity contribution is -0.175. The molecule has 0 aliphatic carbocycles. The quantitative estimate of drug-likeness (QED) is 0.805. The number of thioether (sulfide) groups is 1. The lowest BCUT2D eigenvalue weighted by Crippen LogP contribution is -2.62. The first-order chi connectivity index (χ1) is 12.3. The van der Waals surface area contributed by atoms with E-state index in [-0.39, 0.29) is 18.4 Å². The number of Topliss-reactive ketones (excluding diaryl/α,β-unsaturated/α-hetero) is 1. The molecule has 0 spiro atoms. The van der Waals surface area contributed by atoms with Crippen LogP contribution in [0, 0.1) is 5.92 Å². The molecule has 1 aromatic heterocycles. The van der Waals surface area contributed by atoms with Crippen LogP contribution in [0.25, 0.3) is 0 Å². The van der Waals surface area contributed by atoms with Gasteiger partial charge in [0.15, 0.2) is 4.75 Å². The number of ketones is 1. The lowest BCUT2D eigenvalue weighted by atomic mass is 9.83. The standard InChI is InChI=1S/C17H18F3N3O2S/c18-17(19,20)14(24)16(7-11-8-21-4-1-13(11)26-16)15(25)22-12-9-23-5-2-10(12)3-6-23/h1,4,8,10,12H,2-3,5-7,9H2,(H,22,25)/t12-,16?/m0/s1. The van der Waals surface area contributed by atoms with Crippen LogP contribution in [0.1, 0.15) is 18.4 Å². The van der Waals surface area contributed by atoms with E-state index in [0.717, 1.165) is 25.9 Å². The fourth-order valence-corrected chi connectivity index (χ4v) is 5.49. The Balaban J connectivity index is 1.62. The molecule has 0 radical (unpaired) electrons. The maximum Gasteiger partial charge on any atom is 0.452 e. The number of hydrogen-bond acceptors (Lipinski definition) is 5. The topological polar surface area (TPSA) is 62.3 Å². The number of rotatable bonds is 3. The van der Waals surface area contributed by atoms with Crippen LogP contribution in [-0.2, 0) is 16.0 Å². The Morgan fingerprint density at radius 3 is 2.62 bits per heavy atom. The predicted octanol–water partition coefficient (Wildman–Crippen LogP) is 1.81. The number of halogens is 3. The molecule has 1 aromatic rings. The van der Waals surface area contributed by atoms with Gasteiger partial charge in [0.05, 0.1) is 0 Å². The summed E-state index contributed by atoms with van der Waals surface area (Å²) in [6.45, 7) is 2.54. The number of alkyl halides is 3. The fourth-order valence-electron chi connectivity index (χ4n) is 4.14. The number of carbonyl (C=O) groups is 2. The Hall–Kier alpha value is -1.61. The molecule has 5 heterocycles. The Kier molecular flexibility index (Phi) is 4.26. The highest BCUT2D eigenvalue weighted by atomic mass is 32.2. The third kappa shape index (κ3) is 2.90. The van der Waals surface area contributed by atoms with Gasteiger partial charge >= 0.3 is 6.18 Å². The molecule has 5 rings (SSSR count). The second-order valence-corrected chi connectivity index (χ2v) is 8.48. The van der Waals surface area contributed by atoms with Crippen LogP contribution in [0.4, 0.5) is 13.2 Å². The van der Waals surface area contributed by atoms with Crippen LogP contribution >= 0.6 is 11.8 Å². The molecule has 1 N–H and O–H groups in total.